The van der Waals surface area contributed by atoms with Crippen LogP contribution in [-0.4, -0.2) is 36.1 Å². The number of nitrogens with one attached hydrogen (secondary N) is 1. The highest BCUT2D eigenvalue weighted by atomic mass is 35.5. The van der Waals surface area contributed by atoms with E-state index in [2.05, 4.69) is 22.1 Å². The number of rotatable bonds is 8. The van der Waals surface area contributed by atoms with E-state index in [1.165, 1.54) is 11.3 Å². The van der Waals surface area contributed by atoms with E-state index in [1.54, 1.807) is 30.3 Å². The topological polar surface area (TPSA) is 87.5 Å². The number of ether oxygens (including phenoxy) is 2. The number of carbonyl (C=O) groups is 1. The SMILES string of the molecule is CC(C(Oc1ccc(COC(=O)Nc2ccc3nc(C#N)sc3c2)cc1Cl)c1ccccc1)N(C)C. The molecule has 9 heteroatoms. The average molecular weight is 521 g/mol. The molecule has 36 heavy (non-hydrogen) atoms. The Morgan fingerprint density at radius 3 is 2.64 bits per heavy atom. The molecule has 1 aromatic heterocycles. The van der Waals surface area contributed by atoms with Crippen LogP contribution in [0.2, 0.25) is 5.02 Å². The van der Waals surface area contributed by atoms with Crippen molar-refractivity contribution in [2.24, 2.45) is 0 Å². The van der Waals surface area contributed by atoms with Gasteiger partial charge in [0.1, 0.15) is 24.5 Å². The second-order valence-corrected chi connectivity index (χ2v) is 9.87. The number of likely N-dealkylation sites (N-methyl/N-ethyl adjacent to an activating group) is 1. The van der Waals surface area contributed by atoms with E-state index >= 15 is 0 Å². The van der Waals surface area contributed by atoms with Crippen molar-refractivity contribution in [2.75, 3.05) is 19.4 Å². The molecule has 7 nitrogen and oxygen atoms in total. The molecule has 0 aliphatic rings. The molecule has 4 rings (SSSR count). The molecule has 1 N–H and O–H groups in total. The van der Waals surface area contributed by atoms with Crippen molar-refractivity contribution in [3.63, 3.8) is 0 Å². The summed E-state index contributed by atoms with van der Waals surface area (Å²) < 4.78 is 12.5. The molecule has 4 aromatic rings. The van der Waals surface area contributed by atoms with E-state index in [0.29, 0.717) is 27.0 Å². The molecular formula is C27H25ClN4O3S. The molecule has 0 fully saturated rings. The van der Waals surface area contributed by atoms with Crippen LogP contribution in [0.15, 0.2) is 66.7 Å². The van der Waals surface area contributed by atoms with Crippen LogP contribution in [0.25, 0.3) is 10.2 Å². The lowest BCUT2D eigenvalue weighted by molar-refractivity contribution is 0.107. The van der Waals surface area contributed by atoms with Gasteiger partial charge >= 0.3 is 6.09 Å². The first kappa shape index (κ1) is 25.5. The number of nitriles is 1. The van der Waals surface area contributed by atoms with Gasteiger partial charge in [-0.15, -0.1) is 11.3 Å². The largest absolute Gasteiger partial charge is 0.483 e. The predicted molar refractivity (Wildman–Crippen MR) is 143 cm³/mol. The zero-order valence-electron chi connectivity index (χ0n) is 20.1. The summed E-state index contributed by atoms with van der Waals surface area (Å²) in [6.45, 7) is 2.14. The number of hydrogen-bond acceptors (Lipinski definition) is 7. The number of anilines is 1. The van der Waals surface area contributed by atoms with E-state index in [4.69, 9.17) is 26.3 Å². The minimum Gasteiger partial charge on any atom is -0.483 e. The van der Waals surface area contributed by atoms with E-state index < -0.39 is 6.09 Å². The maximum Gasteiger partial charge on any atom is 0.411 e. The second kappa shape index (κ2) is 11.4. The molecule has 0 spiro atoms. The van der Waals surface area contributed by atoms with Crippen molar-refractivity contribution in [3.8, 4) is 11.8 Å². The van der Waals surface area contributed by atoms with Crippen LogP contribution < -0.4 is 10.1 Å². The summed E-state index contributed by atoms with van der Waals surface area (Å²) in [6.07, 6.45) is -0.813. The van der Waals surface area contributed by atoms with Crippen molar-refractivity contribution in [2.45, 2.75) is 25.7 Å². The quantitative estimate of drug-likeness (QED) is 0.280. The fraction of sp³-hybridized carbons (Fsp3) is 0.222. The molecule has 1 amide bonds. The molecule has 0 radical (unpaired) electrons. The van der Waals surface area contributed by atoms with Crippen molar-refractivity contribution >= 4 is 44.9 Å². The summed E-state index contributed by atoms with van der Waals surface area (Å²) >= 11 is 7.80. The fourth-order valence-electron chi connectivity index (χ4n) is 3.58. The smallest absolute Gasteiger partial charge is 0.411 e. The Morgan fingerprint density at radius 1 is 1.17 bits per heavy atom. The lowest BCUT2D eigenvalue weighted by Gasteiger charge is -2.30. The molecule has 184 valence electrons. The van der Waals surface area contributed by atoms with Gasteiger partial charge in [-0.2, -0.15) is 5.26 Å². The highest BCUT2D eigenvalue weighted by Gasteiger charge is 2.24. The summed E-state index contributed by atoms with van der Waals surface area (Å²) in [5.41, 5.74) is 3.06. The number of halogens is 1. The van der Waals surface area contributed by atoms with Gasteiger partial charge in [-0.05, 0) is 62.5 Å². The van der Waals surface area contributed by atoms with Gasteiger partial charge in [0.05, 0.1) is 15.2 Å². The number of hydrogen-bond donors (Lipinski definition) is 1. The number of benzene rings is 3. The fourth-order valence-corrected chi connectivity index (χ4v) is 4.63. The van der Waals surface area contributed by atoms with Crippen molar-refractivity contribution in [1.29, 1.82) is 5.26 Å². The van der Waals surface area contributed by atoms with Crippen LogP contribution in [0.4, 0.5) is 10.5 Å². The van der Waals surface area contributed by atoms with Crippen LogP contribution in [0.1, 0.15) is 29.2 Å². The lowest BCUT2D eigenvalue weighted by atomic mass is 10.0. The molecule has 2 atom stereocenters. The van der Waals surface area contributed by atoms with E-state index in [1.807, 2.05) is 56.6 Å². The molecule has 2 unspecified atom stereocenters. The Bertz CT molecular complexity index is 1400. The molecule has 0 aliphatic heterocycles. The average Bonchev–Trinajstić information content (AvgIpc) is 3.29. The van der Waals surface area contributed by atoms with Crippen LogP contribution in [0, 0.1) is 11.3 Å². The Labute approximate surface area is 218 Å². The highest BCUT2D eigenvalue weighted by Crippen LogP contribution is 2.33. The molecule has 0 saturated heterocycles. The number of aromatic nitrogens is 1. The first-order chi connectivity index (χ1) is 17.3. The van der Waals surface area contributed by atoms with Gasteiger partial charge in [0, 0.05) is 11.7 Å². The van der Waals surface area contributed by atoms with Crippen LogP contribution >= 0.6 is 22.9 Å². The third-order valence-corrected chi connectivity index (χ3v) is 6.95. The van der Waals surface area contributed by atoms with Crippen molar-refractivity contribution in [3.05, 3.63) is 87.9 Å². The Morgan fingerprint density at radius 2 is 1.94 bits per heavy atom. The van der Waals surface area contributed by atoms with Crippen LogP contribution in [0.5, 0.6) is 5.75 Å². The number of carbonyl (C=O) groups excluding carboxylic acids is 1. The zero-order chi connectivity index (χ0) is 25.7. The van der Waals surface area contributed by atoms with E-state index in [-0.39, 0.29) is 18.8 Å². The zero-order valence-corrected chi connectivity index (χ0v) is 21.6. The lowest BCUT2D eigenvalue weighted by Crippen LogP contribution is -2.34. The maximum absolute atomic E-state index is 12.3. The van der Waals surface area contributed by atoms with Gasteiger partial charge in [-0.25, -0.2) is 9.78 Å². The van der Waals surface area contributed by atoms with Crippen LogP contribution in [-0.2, 0) is 11.3 Å². The number of nitrogens with zero attached hydrogens (tertiary/aromatic N) is 3. The molecule has 3 aromatic carbocycles. The summed E-state index contributed by atoms with van der Waals surface area (Å²) in [4.78, 5) is 18.6. The summed E-state index contributed by atoms with van der Waals surface area (Å²) in [5, 5.41) is 12.5. The molecule has 0 aliphatic carbocycles. The molecule has 1 heterocycles. The molecule has 0 saturated carbocycles. The summed E-state index contributed by atoms with van der Waals surface area (Å²) in [5.74, 6) is 0.557. The maximum atomic E-state index is 12.3. The minimum absolute atomic E-state index is 0.0451. The van der Waals surface area contributed by atoms with Gasteiger partial charge < -0.3 is 14.4 Å². The Hall–Kier alpha value is -3.64. The number of amides is 1. The summed E-state index contributed by atoms with van der Waals surface area (Å²) in [7, 11) is 4.02. The van der Waals surface area contributed by atoms with Gasteiger partial charge in [0.2, 0.25) is 0 Å². The minimum atomic E-state index is -0.597. The Balaban J connectivity index is 1.39. The van der Waals surface area contributed by atoms with E-state index in [0.717, 1.165) is 15.8 Å². The third-order valence-electron chi connectivity index (χ3n) is 5.73. The van der Waals surface area contributed by atoms with Gasteiger partial charge in [0.15, 0.2) is 5.01 Å². The predicted octanol–water partition coefficient (Wildman–Crippen LogP) is 6.64. The number of thiazole rings is 1. The third kappa shape index (κ3) is 6.13. The first-order valence-electron chi connectivity index (χ1n) is 11.2. The normalized spacial score (nSPS) is 12.7. The van der Waals surface area contributed by atoms with Gasteiger partial charge in [-0.1, -0.05) is 48.0 Å². The summed E-state index contributed by atoms with van der Waals surface area (Å²) in [6, 6.07) is 22.7. The highest BCUT2D eigenvalue weighted by molar-refractivity contribution is 7.19. The monoisotopic (exact) mass is 520 g/mol. The van der Waals surface area contributed by atoms with Gasteiger partial charge in [0.25, 0.3) is 0 Å². The Kier molecular flexibility index (Phi) is 8.06. The molecule has 0 bridgehead atoms. The molecular weight excluding hydrogens is 496 g/mol. The first-order valence-corrected chi connectivity index (χ1v) is 12.4. The van der Waals surface area contributed by atoms with E-state index in [9.17, 15) is 4.79 Å². The van der Waals surface area contributed by atoms with Crippen LogP contribution in [0.3, 0.4) is 0 Å². The van der Waals surface area contributed by atoms with Gasteiger partial charge in [-0.3, -0.25) is 5.32 Å². The van der Waals surface area contributed by atoms with Crippen molar-refractivity contribution in [1.82, 2.24) is 9.88 Å². The standard InChI is InChI=1S/C27H25ClN4O3S/c1-17(32(2)3)26(19-7-5-4-6-8-19)35-23-12-9-18(13-21(23)28)16-34-27(33)30-20-10-11-22-24(14-20)36-25(15-29)31-22/h4-14,17,26H,16H2,1-3H3,(H,30,33). The second-order valence-electron chi connectivity index (χ2n) is 8.43. The number of fused-ring (bicyclic) bond motifs is 1. The van der Waals surface area contributed by atoms with Crippen molar-refractivity contribution < 1.29 is 14.3 Å².